The third-order valence-electron chi connectivity index (χ3n) is 3.15. The van der Waals surface area contributed by atoms with Gasteiger partial charge in [-0.3, -0.25) is 0 Å². The van der Waals surface area contributed by atoms with Crippen LogP contribution in [0.4, 0.5) is 4.39 Å². The first-order valence-corrected chi connectivity index (χ1v) is 6.65. The maximum absolute atomic E-state index is 13.7. The van der Waals surface area contributed by atoms with E-state index >= 15 is 0 Å². The highest BCUT2D eigenvalue weighted by Crippen LogP contribution is 2.31. The van der Waals surface area contributed by atoms with Gasteiger partial charge in [-0.1, -0.05) is 37.3 Å². The minimum Gasteiger partial charge on any atom is -0.494 e. The molecule has 19 heavy (non-hydrogen) atoms. The molecular weight excluding hydrogens is 263 g/mol. The number of ether oxygens (including phenoxy) is 1. The van der Waals surface area contributed by atoms with Crippen LogP contribution in [0.15, 0.2) is 42.5 Å². The van der Waals surface area contributed by atoms with Crippen LogP contribution >= 0.6 is 11.6 Å². The molecule has 0 saturated heterocycles. The molecule has 0 aliphatic rings. The predicted octanol–water partition coefficient (Wildman–Crippen LogP) is 4.72. The molecule has 0 saturated carbocycles. The van der Waals surface area contributed by atoms with Crippen LogP contribution in [-0.2, 0) is 6.42 Å². The van der Waals surface area contributed by atoms with Gasteiger partial charge >= 0.3 is 0 Å². The highest BCUT2D eigenvalue weighted by molar-refractivity contribution is 6.22. The second-order valence-corrected chi connectivity index (χ2v) is 4.79. The summed E-state index contributed by atoms with van der Waals surface area (Å²) in [5.41, 5.74) is 2.95. The topological polar surface area (TPSA) is 9.23 Å². The highest BCUT2D eigenvalue weighted by Gasteiger charge is 2.13. The largest absolute Gasteiger partial charge is 0.494 e. The monoisotopic (exact) mass is 278 g/mol. The number of methoxy groups -OCH3 is 1. The Morgan fingerprint density at radius 2 is 1.74 bits per heavy atom. The Labute approximate surface area is 118 Å². The van der Waals surface area contributed by atoms with E-state index in [1.54, 1.807) is 12.1 Å². The summed E-state index contributed by atoms with van der Waals surface area (Å²) in [5.74, 6) is -0.162. The fraction of sp³-hybridized carbons (Fsp3) is 0.250. The van der Waals surface area contributed by atoms with Crippen molar-refractivity contribution in [2.45, 2.75) is 18.7 Å². The summed E-state index contributed by atoms with van der Waals surface area (Å²) in [4.78, 5) is 0. The first-order valence-electron chi connectivity index (χ1n) is 6.22. The first-order chi connectivity index (χ1) is 9.15. The van der Waals surface area contributed by atoms with Gasteiger partial charge in [0, 0.05) is 0 Å². The van der Waals surface area contributed by atoms with E-state index in [9.17, 15) is 4.39 Å². The van der Waals surface area contributed by atoms with Gasteiger partial charge in [-0.25, -0.2) is 4.39 Å². The van der Waals surface area contributed by atoms with Crippen LogP contribution in [0.2, 0.25) is 0 Å². The molecule has 0 fully saturated rings. The molecule has 1 unspecified atom stereocenters. The molecule has 0 amide bonds. The van der Waals surface area contributed by atoms with Crippen molar-refractivity contribution in [3.63, 3.8) is 0 Å². The van der Waals surface area contributed by atoms with E-state index in [1.165, 1.54) is 18.7 Å². The van der Waals surface area contributed by atoms with Crippen molar-refractivity contribution in [3.8, 4) is 5.75 Å². The van der Waals surface area contributed by atoms with Crippen LogP contribution in [0.1, 0.15) is 29.0 Å². The molecule has 1 nitrogen and oxygen atoms in total. The first kappa shape index (κ1) is 13.9. The lowest BCUT2D eigenvalue weighted by atomic mass is 10.0. The highest BCUT2D eigenvalue weighted by atomic mass is 35.5. The van der Waals surface area contributed by atoms with Crippen LogP contribution in [0.25, 0.3) is 0 Å². The number of aryl methyl sites for hydroxylation is 1. The average molecular weight is 279 g/mol. The van der Waals surface area contributed by atoms with Crippen molar-refractivity contribution in [2.24, 2.45) is 0 Å². The Bertz CT molecular complexity index is 551. The lowest BCUT2D eigenvalue weighted by Crippen LogP contribution is -1.96. The molecule has 0 aromatic heterocycles. The van der Waals surface area contributed by atoms with Crippen LogP contribution in [0, 0.1) is 5.82 Å². The number of benzene rings is 2. The van der Waals surface area contributed by atoms with Crippen LogP contribution in [0.5, 0.6) is 5.75 Å². The molecule has 1 atom stereocenters. The fourth-order valence-corrected chi connectivity index (χ4v) is 2.24. The Hall–Kier alpha value is -1.54. The van der Waals surface area contributed by atoms with Crippen LogP contribution < -0.4 is 4.74 Å². The number of hydrogen-bond donors (Lipinski definition) is 0. The van der Waals surface area contributed by atoms with Gasteiger partial charge in [0.2, 0.25) is 0 Å². The summed E-state index contributed by atoms with van der Waals surface area (Å²) in [6, 6.07) is 12.9. The minimum absolute atomic E-state index is 0.231. The molecular formula is C16H16ClFO. The molecule has 0 heterocycles. The smallest absolute Gasteiger partial charge is 0.165 e. The third kappa shape index (κ3) is 3.07. The summed E-state index contributed by atoms with van der Waals surface area (Å²) >= 11 is 6.39. The Morgan fingerprint density at radius 1 is 1.11 bits per heavy atom. The van der Waals surface area contributed by atoms with Crippen molar-refractivity contribution in [2.75, 3.05) is 7.11 Å². The van der Waals surface area contributed by atoms with Gasteiger partial charge in [-0.15, -0.1) is 11.6 Å². The van der Waals surface area contributed by atoms with E-state index < -0.39 is 5.82 Å². The van der Waals surface area contributed by atoms with Crippen LogP contribution in [-0.4, -0.2) is 7.11 Å². The Balaban J connectivity index is 2.27. The summed E-state index contributed by atoms with van der Waals surface area (Å²) in [5, 5.41) is -0.355. The van der Waals surface area contributed by atoms with Gasteiger partial charge in [-0.05, 0) is 35.2 Å². The van der Waals surface area contributed by atoms with E-state index in [0.29, 0.717) is 0 Å². The molecule has 0 aliphatic heterocycles. The number of halogens is 2. The third-order valence-corrected chi connectivity index (χ3v) is 3.65. The van der Waals surface area contributed by atoms with Crippen molar-refractivity contribution < 1.29 is 9.13 Å². The van der Waals surface area contributed by atoms with Gasteiger partial charge in [0.05, 0.1) is 12.5 Å². The molecule has 2 rings (SSSR count). The van der Waals surface area contributed by atoms with Crippen molar-refractivity contribution in [1.82, 2.24) is 0 Å². The number of alkyl halides is 1. The summed E-state index contributed by atoms with van der Waals surface area (Å²) < 4.78 is 18.6. The second-order valence-electron chi connectivity index (χ2n) is 4.35. The van der Waals surface area contributed by atoms with Crippen molar-refractivity contribution in [1.29, 1.82) is 0 Å². The molecule has 0 radical (unpaired) electrons. The Morgan fingerprint density at radius 3 is 2.26 bits per heavy atom. The zero-order valence-corrected chi connectivity index (χ0v) is 11.7. The maximum atomic E-state index is 13.7. The van der Waals surface area contributed by atoms with Crippen molar-refractivity contribution in [3.05, 3.63) is 65.0 Å². The fourth-order valence-electron chi connectivity index (χ4n) is 1.96. The van der Waals surface area contributed by atoms with E-state index in [-0.39, 0.29) is 11.1 Å². The Kier molecular flexibility index (Phi) is 4.43. The molecule has 2 aromatic rings. The van der Waals surface area contributed by atoms with Gasteiger partial charge in [0.15, 0.2) is 11.6 Å². The van der Waals surface area contributed by atoms with Crippen LogP contribution in [0.3, 0.4) is 0 Å². The lowest BCUT2D eigenvalue weighted by molar-refractivity contribution is 0.386. The summed E-state index contributed by atoms with van der Waals surface area (Å²) in [6.07, 6.45) is 0.990. The number of rotatable bonds is 4. The van der Waals surface area contributed by atoms with E-state index in [4.69, 9.17) is 16.3 Å². The SMILES string of the molecule is CCc1ccc(C(Cl)c2ccc(OC)c(F)c2)cc1. The molecule has 2 aromatic carbocycles. The zero-order valence-electron chi connectivity index (χ0n) is 11.0. The lowest BCUT2D eigenvalue weighted by Gasteiger charge is -2.12. The molecule has 0 bridgehead atoms. The summed E-state index contributed by atoms with van der Waals surface area (Å²) in [6.45, 7) is 2.10. The van der Waals surface area contributed by atoms with E-state index in [2.05, 4.69) is 6.92 Å². The van der Waals surface area contributed by atoms with Gasteiger partial charge in [-0.2, -0.15) is 0 Å². The zero-order chi connectivity index (χ0) is 13.8. The molecule has 3 heteroatoms. The standard InChI is InChI=1S/C16H16ClFO/c1-3-11-4-6-12(7-5-11)16(17)13-8-9-15(19-2)14(18)10-13/h4-10,16H,3H2,1-2H3. The number of hydrogen-bond acceptors (Lipinski definition) is 1. The van der Waals surface area contributed by atoms with Gasteiger partial charge in [0.1, 0.15) is 0 Å². The van der Waals surface area contributed by atoms with E-state index in [0.717, 1.165) is 17.5 Å². The average Bonchev–Trinajstić information content (AvgIpc) is 2.46. The molecule has 100 valence electrons. The minimum atomic E-state index is -0.393. The van der Waals surface area contributed by atoms with E-state index in [1.807, 2.05) is 24.3 Å². The van der Waals surface area contributed by atoms with Gasteiger partial charge in [0.25, 0.3) is 0 Å². The summed E-state index contributed by atoms with van der Waals surface area (Å²) in [7, 11) is 1.44. The molecule has 0 aliphatic carbocycles. The normalized spacial score (nSPS) is 12.2. The van der Waals surface area contributed by atoms with Crippen molar-refractivity contribution >= 4 is 11.6 Å². The molecule has 0 N–H and O–H groups in total. The molecule has 0 spiro atoms. The van der Waals surface area contributed by atoms with Gasteiger partial charge < -0.3 is 4.74 Å². The quantitative estimate of drug-likeness (QED) is 0.735. The second kappa shape index (κ2) is 6.07. The maximum Gasteiger partial charge on any atom is 0.165 e. The predicted molar refractivity (Wildman–Crippen MR) is 76.5 cm³/mol.